The minimum atomic E-state index is -4.02. The molecular weight excluding hydrogens is 504 g/mol. The van der Waals surface area contributed by atoms with Crippen LogP contribution >= 0.6 is 0 Å². The molecule has 0 bridgehead atoms. The third kappa shape index (κ3) is 6.84. The van der Waals surface area contributed by atoms with E-state index in [1.165, 1.54) is 12.1 Å². The van der Waals surface area contributed by atoms with Gasteiger partial charge in [0.1, 0.15) is 0 Å². The summed E-state index contributed by atoms with van der Waals surface area (Å²) < 4.78 is 29.6. The van der Waals surface area contributed by atoms with E-state index in [4.69, 9.17) is 4.55 Å². The molecule has 1 aliphatic heterocycles. The third-order valence-electron chi connectivity index (χ3n) is 6.66. The Labute approximate surface area is 222 Å². The number of aryl methyl sites for hydroxylation is 1. The zero-order valence-corrected chi connectivity index (χ0v) is 22.2. The van der Waals surface area contributed by atoms with Gasteiger partial charge in [-0.25, -0.2) is 0 Å². The summed E-state index contributed by atoms with van der Waals surface area (Å²) in [5, 5.41) is 20.6. The number of fused-ring (bicyclic) bond motifs is 1. The Morgan fingerprint density at radius 2 is 1.74 bits per heavy atom. The summed E-state index contributed by atoms with van der Waals surface area (Å²) in [4.78, 5) is 14.8. The lowest BCUT2D eigenvalue weighted by molar-refractivity contribution is -0.121. The first-order valence-electron chi connectivity index (χ1n) is 12.4. The third-order valence-corrected chi connectivity index (χ3v) is 7.52. The molecule has 3 aromatic carbocycles. The van der Waals surface area contributed by atoms with Gasteiger partial charge in [0.25, 0.3) is 10.1 Å². The molecule has 9 nitrogen and oxygen atoms in total. The van der Waals surface area contributed by atoms with Gasteiger partial charge in [-0.15, -0.1) is 0 Å². The number of carbonyl (C=O) groups excluding carboxylic acids is 1. The van der Waals surface area contributed by atoms with Crippen LogP contribution in [0.3, 0.4) is 0 Å². The first kappa shape index (κ1) is 27.5. The standard InChI is InChI=1S/C21H24N4O2.C7H8O3S/c1-25-9-7-15(8-10-25)21(27)22-20-18-12-17(5-6-19(18)23-24-20)16-4-2-3-14(11-16)13-26;1-6-2-4-7(5-3-6)11(8,9)10/h2-6,11-12,15,26H,7-10,13H2,1H3,(H2,22,23,24,27);2-5H,1H3,(H,8,9,10). The number of aliphatic hydroxyl groups is 1. The quantitative estimate of drug-likeness (QED) is 0.280. The number of hydrogen-bond acceptors (Lipinski definition) is 6. The van der Waals surface area contributed by atoms with Gasteiger partial charge in [-0.3, -0.25) is 14.4 Å². The highest BCUT2D eigenvalue weighted by Crippen LogP contribution is 2.29. The summed E-state index contributed by atoms with van der Waals surface area (Å²) in [5.41, 5.74) is 4.76. The lowest BCUT2D eigenvalue weighted by Gasteiger charge is -2.27. The maximum Gasteiger partial charge on any atom is 0.294 e. The van der Waals surface area contributed by atoms with Gasteiger partial charge in [-0.05, 0) is 86.9 Å². The molecule has 1 saturated heterocycles. The zero-order valence-electron chi connectivity index (χ0n) is 21.4. The zero-order chi connectivity index (χ0) is 27.3. The molecule has 0 saturated carbocycles. The second kappa shape index (κ2) is 11.9. The van der Waals surface area contributed by atoms with Crippen LogP contribution in [0.2, 0.25) is 0 Å². The van der Waals surface area contributed by atoms with Crippen LogP contribution in [0.15, 0.2) is 71.6 Å². The van der Waals surface area contributed by atoms with Crippen LogP contribution in [0.5, 0.6) is 0 Å². The van der Waals surface area contributed by atoms with Gasteiger partial charge in [0.2, 0.25) is 5.91 Å². The number of aromatic nitrogens is 2. The molecule has 1 aliphatic rings. The van der Waals surface area contributed by atoms with E-state index in [1.54, 1.807) is 12.1 Å². The van der Waals surface area contributed by atoms with Crippen molar-refractivity contribution in [2.75, 3.05) is 25.5 Å². The van der Waals surface area contributed by atoms with Crippen molar-refractivity contribution in [1.82, 2.24) is 15.1 Å². The molecule has 0 aliphatic carbocycles. The lowest BCUT2D eigenvalue weighted by atomic mass is 9.96. The number of piperidine rings is 1. The number of benzene rings is 3. The fourth-order valence-corrected chi connectivity index (χ4v) is 4.82. The molecule has 2 heterocycles. The molecule has 4 aromatic rings. The number of nitrogens with zero attached hydrogens (tertiary/aromatic N) is 2. The fraction of sp³-hybridized carbons (Fsp3) is 0.286. The molecule has 4 N–H and O–H groups in total. The number of aromatic amines is 1. The van der Waals surface area contributed by atoms with Crippen molar-refractivity contribution in [1.29, 1.82) is 0 Å². The van der Waals surface area contributed by atoms with Crippen molar-refractivity contribution in [2.24, 2.45) is 5.92 Å². The van der Waals surface area contributed by atoms with Crippen LogP contribution in [-0.4, -0.2) is 59.2 Å². The summed E-state index contributed by atoms with van der Waals surface area (Å²) in [5.74, 6) is 0.663. The van der Waals surface area contributed by atoms with Crippen LogP contribution in [0.25, 0.3) is 22.0 Å². The smallest absolute Gasteiger partial charge is 0.294 e. The maximum atomic E-state index is 12.6. The molecule has 1 aromatic heterocycles. The SMILES string of the molecule is CN1CCC(C(=O)Nc2n[nH]c3ccc(-c4cccc(CO)c4)cc23)CC1.Cc1ccc(S(=O)(=O)O)cc1. The van der Waals surface area contributed by atoms with Crippen LogP contribution in [0.4, 0.5) is 5.82 Å². The Hall–Kier alpha value is -3.57. The minimum absolute atomic E-state index is 0.0136. The summed E-state index contributed by atoms with van der Waals surface area (Å²) in [7, 11) is -1.93. The second-order valence-electron chi connectivity index (χ2n) is 9.55. The van der Waals surface area contributed by atoms with Gasteiger partial charge in [-0.1, -0.05) is 42.0 Å². The molecule has 0 atom stereocenters. The Morgan fingerprint density at radius 1 is 1.05 bits per heavy atom. The normalized spacial score (nSPS) is 14.6. The fourth-order valence-electron chi connectivity index (χ4n) is 4.34. The van der Waals surface area contributed by atoms with E-state index in [-0.39, 0.29) is 23.3 Å². The molecule has 0 spiro atoms. The van der Waals surface area contributed by atoms with E-state index < -0.39 is 10.1 Å². The first-order valence-corrected chi connectivity index (χ1v) is 13.8. The van der Waals surface area contributed by atoms with Gasteiger partial charge in [0.05, 0.1) is 17.0 Å². The average Bonchev–Trinajstić information content (AvgIpc) is 3.31. The molecule has 1 fully saturated rings. The topological polar surface area (TPSA) is 136 Å². The summed E-state index contributed by atoms with van der Waals surface area (Å²) in [6, 6.07) is 19.8. The molecule has 200 valence electrons. The molecule has 0 unspecified atom stereocenters. The van der Waals surface area contributed by atoms with Crippen molar-refractivity contribution < 1.29 is 22.9 Å². The Kier molecular flexibility index (Phi) is 8.58. The number of nitrogens with one attached hydrogen (secondary N) is 2. The highest BCUT2D eigenvalue weighted by molar-refractivity contribution is 7.85. The highest BCUT2D eigenvalue weighted by atomic mass is 32.2. The van der Waals surface area contributed by atoms with E-state index in [1.807, 2.05) is 49.4 Å². The highest BCUT2D eigenvalue weighted by Gasteiger charge is 2.24. The second-order valence-corrected chi connectivity index (χ2v) is 11.0. The molecule has 38 heavy (non-hydrogen) atoms. The van der Waals surface area contributed by atoms with Gasteiger partial charge >= 0.3 is 0 Å². The van der Waals surface area contributed by atoms with Crippen LogP contribution < -0.4 is 5.32 Å². The summed E-state index contributed by atoms with van der Waals surface area (Å²) in [6.07, 6.45) is 1.76. The number of hydrogen-bond donors (Lipinski definition) is 4. The first-order chi connectivity index (χ1) is 18.1. The Balaban J connectivity index is 0.000000257. The Bertz CT molecular complexity index is 1510. The summed E-state index contributed by atoms with van der Waals surface area (Å²) in [6.45, 7) is 3.75. The van der Waals surface area contributed by atoms with E-state index >= 15 is 0 Å². The number of anilines is 1. The molecule has 10 heteroatoms. The number of likely N-dealkylation sites (tertiary alicyclic amines) is 1. The van der Waals surface area contributed by atoms with Crippen molar-refractivity contribution in [2.45, 2.75) is 31.3 Å². The lowest BCUT2D eigenvalue weighted by Crippen LogP contribution is -2.36. The van der Waals surface area contributed by atoms with Gasteiger partial charge in [0.15, 0.2) is 5.82 Å². The van der Waals surface area contributed by atoms with E-state index in [0.717, 1.165) is 59.1 Å². The van der Waals surface area contributed by atoms with E-state index in [0.29, 0.717) is 5.82 Å². The van der Waals surface area contributed by atoms with E-state index in [9.17, 15) is 18.3 Å². The largest absolute Gasteiger partial charge is 0.392 e. The number of aliphatic hydroxyl groups excluding tert-OH is 1. The molecule has 1 amide bonds. The predicted molar refractivity (Wildman–Crippen MR) is 147 cm³/mol. The average molecular weight is 537 g/mol. The number of carbonyl (C=O) groups is 1. The van der Waals surface area contributed by atoms with Gasteiger partial charge in [-0.2, -0.15) is 13.5 Å². The molecule has 5 rings (SSSR count). The van der Waals surface area contributed by atoms with Crippen LogP contribution in [0, 0.1) is 12.8 Å². The van der Waals surface area contributed by atoms with E-state index in [2.05, 4.69) is 27.5 Å². The minimum Gasteiger partial charge on any atom is -0.392 e. The molecule has 0 radical (unpaired) electrons. The molecular formula is C28H32N4O5S. The number of amides is 1. The van der Waals surface area contributed by atoms with Gasteiger partial charge < -0.3 is 15.3 Å². The van der Waals surface area contributed by atoms with Crippen molar-refractivity contribution in [3.05, 3.63) is 77.9 Å². The predicted octanol–water partition coefficient (Wildman–Crippen LogP) is 4.24. The number of rotatable bonds is 5. The maximum absolute atomic E-state index is 12.6. The number of H-pyrrole nitrogens is 1. The van der Waals surface area contributed by atoms with Crippen molar-refractivity contribution in [3.63, 3.8) is 0 Å². The summed E-state index contributed by atoms with van der Waals surface area (Å²) >= 11 is 0. The van der Waals surface area contributed by atoms with Crippen molar-refractivity contribution in [3.8, 4) is 11.1 Å². The Morgan fingerprint density at radius 3 is 2.39 bits per heavy atom. The van der Waals surface area contributed by atoms with Gasteiger partial charge in [0, 0.05) is 11.3 Å². The monoisotopic (exact) mass is 536 g/mol. The van der Waals surface area contributed by atoms with Crippen molar-refractivity contribution >= 4 is 32.7 Å². The van der Waals surface area contributed by atoms with Crippen LogP contribution in [0.1, 0.15) is 24.0 Å². The van der Waals surface area contributed by atoms with Crippen LogP contribution in [-0.2, 0) is 21.5 Å².